The van der Waals surface area contributed by atoms with Crippen LogP contribution in [0.25, 0.3) is 15.6 Å². The largest absolute Gasteiger partial charge is 0.434 e. The van der Waals surface area contributed by atoms with Gasteiger partial charge in [-0.3, -0.25) is 24.1 Å². The lowest BCUT2D eigenvalue weighted by atomic mass is 9.80. The Morgan fingerprint density at radius 3 is 2.46 bits per heavy atom. The van der Waals surface area contributed by atoms with Crippen LogP contribution in [0.2, 0.25) is 0 Å². The SMILES string of the molecule is [C-]#[N+][C@@H]1C[C@@]2(CN1C(=O)[C@H](CC(C)C)N(C)C(=O)c1cc3ccccc3cc1OC(F)F)C(=O)Nc1ccccc12. The predicted octanol–water partition coefficient (Wildman–Crippen LogP) is 5.30. The first-order valence-electron chi connectivity index (χ1n) is 13.4. The van der Waals surface area contributed by atoms with Crippen molar-refractivity contribution in [3.05, 3.63) is 83.2 Å². The van der Waals surface area contributed by atoms with Crippen molar-refractivity contribution in [3.8, 4) is 5.75 Å². The summed E-state index contributed by atoms with van der Waals surface area (Å²) in [4.78, 5) is 47.5. The van der Waals surface area contributed by atoms with Crippen molar-refractivity contribution in [1.82, 2.24) is 9.80 Å². The Labute approximate surface area is 236 Å². The normalized spacial score (nSPS) is 20.3. The number of nitrogens with one attached hydrogen (secondary N) is 1. The summed E-state index contributed by atoms with van der Waals surface area (Å²) in [6.45, 7) is 8.48. The number of hydrogen-bond acceptors (Lipinski definition) is 4. The molecule has 3 atom stereocenters. The van der Waals surface area contributed by atoms with Gasteiger partial charge in [-0.2, -0.15) is 8.78 Å². The fraction of sp³-hybridized carbons (Fsp3) is 0.355. The van der Waals surface area contributed by atoms with Crippen LogP contribution in [0.4, 0.5) is 14.5 Å². The Morgan fingerprint density at radius 1 is 1.15 bits per heavy atom. The number of benzene rings is 3. The molecule has 0 unspecified atom stereocenters. The van der Waals surface area contributed by atoms with Gasteiger partial charge in [-0.25, -0.2) is 6.57 Å². The summed E-state index contributed by atoms with van der Waals surface area (Å²) < 4.78 is 31.4. The van der Waals surface area contributed by atoms with Crippen molar-refractivity contribution in [1.29, 1.82) is 0 Å². The number of carbonyl (C=O) groups is 3. The molecular weight excluding hydrogens is 530 g/mol. The molecule has 8 nitrogen and oxygen atoms in total. The average Bonchev–Trinajstić information content (AvgIpc) is 3.47. The molecule has 1 saturated heterocycles. The van der Waals surface area contributed by atoms with E-state index in [1.165, 1.54) is 29.0 Å². The fourth-order valence-electron chi connectivity index (χ4n) is 5.93. The number of nitrogens with zero attached hydrogens (tertiary/aromatic N) is 3. The molecule has 0 radical (unpaired) electrons. The van der Waals surface area contributed by atoms with Gasteiger partial charge in [0.15, 0.2) is 0 Å². The monoisotopic (exact) mass is 560 g/mol. The second-order valence-electron chi connectivity index (χ2n) is 11.0. The lowest BCUT2D eigenvalue weighted by Crippen LogP contribution is -2.51. The minimum absolute atomic E-state index is 0.00588. The first-order valence-corrected chi connectivity index (χ1v) is 13.4. The zero-order valence-electron chi connectivity index (χ0n) is 22.9. The third kappa shape index (κ3) is 4.97. The lowest BCUT2D eigenvalue weighted by molar-refractivity contribution is -0.136. The zero-order chi connectivity index (χ0) is 29.5. The van der Waals surface area contributed by atoms with Crippen molar-refractivity contribution in [3.63, 3.8) is 0 Å². The Bertz CT molecular complexity index is 1570. The molecule has 2 aliphatic heterocycles. The summed E-state index contributed by atoms with van der Waals surface area (Å²) in [5.74, 6) is -1.71. The number of hydrogen-bond donors (Lipinski definition) is 1. The van der Waals surface area contributed by atoms with E-state index < -0.39 is 36.0 Å². The molecule has 0 saturated carbocycles. The van der Waals surface area contributed by atoms with Crippen LogP contribution < -0.4 is 10.1 Å². The van der Waals surface area contributed by atoms with Gasteiger partial charge in [0.25, 0.3) is 11.8 Å². The summed E-state index contributed by atoms with van der Waals surface area (Å²) in [6.07, 6.45) is -0.513. The number of likely N-dealkylation sites (tertiary alicyclic amines) is 1. The molecule has 10 heteroatoms. The van der Waals surface area contributed by atoms with E-state index in [-0.39, 0.29) is 42.5 Å². The number of amides is 3. The minimum atomic E-state index is -3.15. The van der Waals surface area contributed by atoms with E-state index in [1.807, 2.05) is 26.0 Å². The van der Waals surface area contributed by atoms with E-state index in [4.69, 9.17) is 11.3 Å². The van der Waals surface area contributed by atoms with Gasteiger partial charge < -0.3 is 15.0 Å². The van der Waals surface area contributed by atoms with Crippen molar-refractivity contribution in [2.45, 2.75) is 50.9 Å². The molecule has 3 aromatic carbocycles. The average molecular weight is 561 g/mol. The highest BCUT2D eigenvalue weighted by molar-refractivity contribution is 6.08. The lowest BCUT2D eigenvalue weighted by Gasteiger charge is -2.32. The maximum atomic E-state index is 14.2. The van der Waals surface area contributed by atoms with Gasteiger partial charge in [0.1, 0.15) is 17.2 Å². The Morgan fingerprint density at radius 2 is 1.80 bits per heavy atom. The van der Waals surface area contributed by atoms with Crippen molar-refractivity contribution < 1.29 is 27.9 Å². The topological polar surface area (TPSA) is 83.3 Å². The van der Waals surface area contributed by atoms with Gasteiger partial charge in [0, 0.05) is 19.3 Å². The Balaban J connectivity index is 1.50. The number of halogens is 2. The first-order chi connectivity index (χ1) is 19.6. The predicted molar refractivity (Wildman–Crippen MR) is 149 cm³/mol. The van der Waals surface area contributed by atoms with Crippen molar-refractivity contribution >= 4 is 34.2 Å². The van der Waals surface area contributed by atoms with Crippen LogP contribution in [-0.4, -0.2) is 59.9 Å². The molecule has 41 heavy (non-hydrogen) atoms. The number of ether oxygens (including phenoxy) is 1. The van der Waals surface area contributed by atoms with Crippen LogP contribution in [0.3, 0.4) is 0 Å². The Hall–Kier alpha value is -4.52. The molecule has 3 amide bonds. The number of anilines is 1. The number of para-hydroxylation sites is 1. The number of carbonyl (C=O) groups excluding carboxylic acids is 3. The summed E-state index contributed by atoms with van der Waals surface area (Å²) in [7, 11) is 1.45. The Kier molecular flexibility index (Phi) is 7.39. The van der Waals surface area contributed by atoms with Gasteiger partial charge in [0.05, 0.1) is 12.0 Å². The number of fused-ring (bicyclic) bond motifs is 3. The standard InChI is InChI=1S/C31H30F2N4O4/c1-18(2)13-24(36(4)27(38)21-14-19-9-5-6-10-20(19)15-25(21)41-30(32)33)28(39)37-17-31(16-26(37)34-3)22-11-7-8-12-23(22)35-29(31)40/h5-12,14-15,18,24,26,30H,13,16-17H2,1-2,4H3,(H,35,40)/t24-,26-,31-/m0/s1. The molecule has 1 N–H and O–H groups in total. The van der Waals surface area contributed by atoms with E-state index in [0.717, 1.165) is 5.56 Å². The van der Waals surface area contributed by atoms with Crippen LogP contribution in [0.1, 0.15) is 42.6 Å². The third-order valence-electron chi connectivity index (χ3n) is 7.95. The molecule has 3 aromatic rings. The van der Waals surface area contributed by atoms with Crippen molar-refractivity contribution in [2.75, 3.05) is 18.9 Å². The fourth-order valence-corrected chi connectivity index (χ4v) is 5.93. The second-order valence-corrected chi connectivity index (χ2v) is 11.0. The van der Waals surface area contributed by atoms with Crippen LogP contribution in [0.15, 0.2) is 60.7 Å². The molecule has 5 rings (SSSR count). The molecule has 1 spiro atoms. The zero-order valence-corrected chi connectivity index (χ0v) is 22.9. The highest BCUT2D eigenvalue weighted by Gasteiger charge is 2.59. The second kappa shape index (κ2) is 10.8. The van der Waals surface area contributed by atoms with Crippen LogP contribution in [-0.2, 0) is 15.0 Å². The van der Waals surface area contributed by atoms with Crippen LogP contribution in [0.5, 0.6) is 5.75 Å². The maximum absolute atomic E-state index is 14.2. The molecule has 1 fully saturated rings. The summed E-state index contributed by atoms with van der Waals surface area (Å²) in [5, 5.41) is 4.15. The summed E-state index contributed by atoms with van der Waals surface area (Å²) in [6, 6.07) is 16.1. The third-order valence-corrected chi connectivity index (χ3v) is 7.95. The maximum Gasteiger partial charge on any atom is 0.387 e. The van der Waals surface area contributed by atoms with Crippen LogP contribution >= 0.6 is 0 Å². The minimum Gasteiger partial charge on any atom is -0.434 e. The molecule has 2 heterocycles. The van der Waals surface area contributed by atoms with Gasteiger partial charge >= 0.3 is 12.8 Å². The summed E-state index contributed by atoms with van der Waals surface area (Å²) in [5.41, 5.74) is 0.230. The van der Waals surface area contributed by atoms with Gasteiger partial charge in [-0.05, 0) is 46.9 Å². The molecular formula is C31H30F2N4O4. The van der Waals surface area contributed by atoms with E-state index >= 15 is 0 Å². The molecule has 2 aliphatic rings. The van der Waals surface area contributed by atoms with Crippen LogP contribution in [0, 0.1) is 12.5 Å². The van der Waals surface area contributed by atoms with E-state index in [9.17, 15) is 23.2 Å². The number of alkyl halides is 2. The summed E-state index contributed by atoms with van der Waals surface area (Å²) >= 11 is 0. The number of likely N-dealkylation sites (N-methyl/N-ethyl adjacent to an activating group) is 1. The molecule has 0 aliphatic carbocycles. The number of rotatable bonds is 7. The molecule has 0 aromatic heterocycles. The van der Waals surface area contributed by atoms with Gasteiger partial charge in [-0.1, -0.05) is 56.3 Å². The quantitative estimate of drug-likeness (QED) is 0.398. The smallest absolute Gasteiger partial charge is 0.387 e. The highest BCUT2D eigenvalue weighted by atomic mass is 19.3. The molecule has 212 valence electrons. The van der Waals surface area contributed by atoms with Crippen molar-refractivity contribution in [2.24, 2.45) is 5.92 Å². The van der Waals surface area contributed by atoms with E-state index in [2.05, 4.69) is 10.2 Å². The molecule has 0 bridgehead atoms. The van der Waals surface area contributed by atoms with E-state index in [0.29, 0.717) is 16.5 Å². The van der Waals surface area contributed by atoms with E-state index in [1.54, 1.807) is 36.4 Å². The van der Waals surface area contributed by atoms with Gasteiger partial charge in [0.2, 0.25) is 5.91 Å². The highest BCUT2D eigenvalue weighted by Crippen LogP contribution is 2.47. The first kappa shape index (κ1) is 28.0. The van der Waals surface area contributed by atoms with Gasteiger partial charge in [-0.15, -0.1) is 0 Å².